The van der Waals surface area contributed by atoms with Gasteiger partial charge in [0.15, 0.2) is 0 Å². The molecule has 0 saturated carbocycles. The maximum atomic E-state index is 13.1. The van der Waals surface area contributed by atoms with E-state index < -0.39 is 37.9 Å². The lowest BCUT2D eigenvalue weighted by atomic mass is 10.2. The highest BCUT2D eigenvalue weighted by molar-refractivity contribution is 7.93. The third-order valence-corrected chi connectivity index (χ3v) is 10.3. The molecule has 0 spiro atoms. The molecule has 0 aliphatic heterocycles. The number of nitrogens with zero attached hydrogens (tertiary/aromatic N) is 2. The molecule has 4 rings (SSSR count). The molecular formula is C31H32N4O6S2. The number of para-hydroxylation sites is 2. The van der Waals surface area contributed by atoms with Crippen LogP contribution in [0.5, 0.6) is 0 Å². The Labute approximate surface area is 252 Å². The summed E-state index contributed by atoms with van der Waals surface area (Å²) >= 11 is 0. The van der Waals surface area contributed by atoms with Gasteiger partial charge >= 0.3 is 0 Å². The van der Waals surface area contributed by atoms with Crippen molar-refractivity contribution >= 4 is 43.2 Å². The average Bonchev–Trinajstić information content (AvgIpc) is 3.03. The Bertz CT molecular complexity index is 1820. The van der Waals surface area contributed by atoms with Gasteiger partial charge in [0.05, 0.1) is 21.2 Å². The monoisotopic (exact) mass is 620 g/mol. The van der Waals surface area contributed by atoms with Gasteiger partial charge in [-0.15, -0.1) is 0 Å². The van der Waals surface area contributed by atoms with Crippen molar-refractivity contribution in [3.8, 4) is 0 Å². The average molecular weight is 621 g/mol. The van der Waals surface area contributed by atoms with Crippen molar-refractivity contribution in [2.75, 3.05) is 29.3 Å². The van der Waals surface area contributed by atoms with E-state index in [9.17, 15) is 26.4 Å². The smallest absolute Gasteiger partial charge is 0.264 e. The van der Waals surface area contributed by atoms with Gasteiger partial charge in [-0.25, -0.2) is 16.8 Å². The molecule has 224 valence electrons. The summed E-state index contributed by atoms with van der Waals surface area (Å²) in [5.41, 5.74) is 1.24. The van der Waals surface area contributed by atoms with Gasteiger partial charge in [-0.05, 0) is 67.6 Å². The fourth-order valence-corrected chi connectivity index (χ4v) is 6.66. The third-order valence-electron chi connectivity index (χ3n) is 6.70. The molecule has 43 heavy (non-hydrogen) atoms. The summed E-state index contributed by atoms with van der Waals surface area (Å²) in [6.07, 6.45) is 0. The highest BCUT2D eigenvalue weighted by Gasteiger charge is 2.24. The number of hydrogen-bond acceptors (Lipinski definition) is 6. The molecule has 0 radical (unpaired) electrons. The zero-order valence-corrected chi connectivity index (χ0v) is 25.5. The van der Waals surface area contributed by atoms with Gasteiger partial charge in [-0.2, -0.15) is 0 Å². The van der Waals surface area contributed by atoms with Crippen LogP contribution in [0.4, 0.5) is 11.4 Å². The second-order valence-corrected chi connectivity index (χ2v) is 13.7. The van der Waals surface area contributed by atoms with Crippen molar-refractivity contribution in [2.45, 2.75) is 22.8 Å². The number of rotatable bonds is 11. The van der Waals surface area contributed by atoms with Crippen molar-refractivity contribution < 1.29 is 26.4 Å². The highest BCUT2D eigenvalue weighted by atomic mass is 32.2. The number of sulfonamides is 2. The first-order valence-corrected chi connectivity index (χ1v) is 16.2. The van der Waals surface area contributed by atoms with Crippen LogP contribution in [0.3, 0.4) is 0 Å². The molecule has 0 saturated heterocycles. The lowest BCUT2D eigenvalue weighted by Gasteiger charge is -2.20. The number of carbonyl (C=O) groups excluding carboxylic acids is 2. The molecule has 2 N–H and O–H groups in total. The SMILES string of the molecule is C[C@H](CNC(=O)c1cccc(S(=O)(=O)N(C)c2ccccc2)c1)NC(=O)c1cccc(S(=O)(=O)N(C)c2ccccc2)c1. The lowest BCUT2D eigenvalue weighted by molar-refractivity contribution is 0.0912. The van der Waals surface area contributed by atoms with Crippen LogP contribution in [-0.4, -0.2) is 55.3 Å². The van der Waals surface area contributed by atoms with Crippen LogP contribution in [0, 0.1) is 0 Å². The third kappa shape index (κ3) is 7.22. The van der Waals surface area contributed by atoms with E-state index >= 15 is 0 Å². The van der Waals surface area contributed by atoms with Crippen LogP contribution in [0.1, 0.15) is 27.6 Å². The minimum atomic E-state index is -3.91. The summed E-state index contributed by atoms with van der Waals surface area (Å²) in [4.78, 5) is 25.7. The molecule has 1 atom stereocenters. The summed E-state index contributed by atoms with van der Waals surface area (Å²) in [5, 5.41) is 5.45. The van der Waals surface area contributed by atoms with Crippen molar-refractivity contribution in [3.05, 3.63) is 120 Å². The van der Waals surface area contributed by atoms with Crippen LogP contribution in [0.25, 0.3) is 0 Å². The van der Waals surface area contributed by atoms with Crippen LogP contribution in [0.2, 0.25) is 0 Å². The van der Waals surface area contributed by atoms with E-state index in [1.54, 1.807) is 67.6 Å². The van der Waals surface area contributed by atoms with Crippen molar-refractivity contribution in [3.63, 3.8) is 0 Å². The number of amides is 2. The van der Waals surface area contributed by atoms with Crippen molar-refractivity contribution in [1.82, 2.24) is 10.6 Å². The minimum absolute atomic E-state index is 0.0411. The second kappa shape index (κ2) is 13.1. The highest BCUT2D eigenvalue weighted by Crippen LogP contribution is 2.23. The molecule has 0 aliphatic carbocycles. The molecule has 0 heterocycles. The zero-order valence-electron chi connectivity index (χ0n) is 23.8. The van der Waals surface area contributed by atoms with Crippen molar-refractivity contribution in [2.24, 2.45) is 0 Å². The Morgan fingerprint density at radius 3 is 1.49 bits per heavy atom. The molecule has 0 aromatic heterocycles. The largest absolute Gasteiger partial charge is 0.350 e. The van der Waals surface area contributed by atoms with E-state index in [-0.39, 0.29) is 27.5 Å². The first-order valence-electron chi connectivity index (χ1n) is 13.3. The van der Waals surface area contributed by atoms with E-state index in [2.05, 4.69) is 10.6 Å². The normalized spacial score (nSPS) is 12.2. The Morgan fingerprint density at radius 1 is 0.628 bits per heavy atom. The van der Waals surface area contributed by atoms with Gasteiger partial charge in [0.1, 0.15) is 0 Å². The first kappa shape index (κ1) is 31.3. The number of benzene rings is 4. The summed E-state index contributed by atoms with van der Waals surface area (Å²) in [6, 6.07) is 28.0. The summed E-state index contributed by atoms with van der Waals surface area (Å²) in [5.74, 6) is -1.03. The van der Waals surface area contributed by atoms with Crippen LogP contribution >= 0.6 is 0 Å². The van der Waals surface area contributed by atoms with Gasteiger partial charge in [0, 0.05) is 37.8 Å². The maximum Gasteiger partial charge on any atom is 0.264 e. The lowest BCUT2D eigenvalue weighted by Crippen LogP contribution is -2.42. The molecule has 0 fully saturated rings. The zero-order chi connectivity index (χ0) is 31.2. The Balaban J connectivity index is 1.38. The molecule has 4 aromatic carbocycles. The minimum Gasteiger partial charge on any atom is -0.350 e. The van der Waals surface area contributed by atoms with Gasteiger partial charge in [-0.3, -0.25) is 18.2 Å². The first-order chi connectivity index (χ1) is 20.4. The predicted octanol–water partition coefficient (Wildman–Crippen LogP) is 3.89. The summed E-state index contributed by atoms with van der Waals surface area (Å²) < 4.78 is 54.8. The van der Waals surface area contributed by atoms with E-state index in [1.165, 1.54) is 62.6 Å². The second-order valence-electron chi connectivity index (χ2n) is 9.76. The topological polar surface area (TPSA) is 133 Å². The van der Waals surface area contributed by atoms with E-state index in [1.807, 2.05) is 0 Å². The maximum absolute atomic E-state index is 13.1. The summed E-state index contributed by atoms with van der Waals surface area (Å²) in [7, 11) is -4.95. The fraction of sp³-hybridized carbons (Fsp3) is 0.161. The molecule has 12 heteroatoms. The molecular weight excluding hydrogens is 588 g/mol. The molecule has 4 aromatic rings. The van der Waals surface area contributed by atoms with Gasteiger partial charge < -0.3 is 10.6 Å². The molecule has 10 nitrogen and oxygen atoms in total. The molecule has 0 aliphatic rings. The molecule has 0 unspecified atom stereocenters. The number of anilines is 2. The van der Waals surface area contributed by atoms with Gasteiger partial charge in [-0.1, -0.05) is 48.5 Å². The Hall–Kier alpha value is -4.68. The number of hydrogen-bond donors (Lipinski definition) is 2. The number of carbonyl (C=O) groups is 2. The van der Waals surface area contributed by atoms with Crippen LogP contribution in [0.15, 0.2) is 119 Å². The predicted molar refractivity (Wildman–Crippen MR) is 166 cm³/mol. The molecule has 0 bridgehead atoms. The van der Waals surface area contributed by atoms with E-state index in [0.29, 0.717) is 11.4 Å². The van der Waals surface area contributed by atoms with Crippen LogP contribution < -0.4 is 19.2 Å². The van der Waals surface area contributed by atoms with Gasteiger partial charge in [0.25, 0.3) is 31.9 Å². The Morgan fingerprint density at radius 2 is 1.05 bits per heavy atom. The van der Waals surface area contributed by atoms with Crippen LogP contribution in [-0.2, 0) is 20.0 Å². The van der Waals surface area contributed by atoms with E-state index in [0.717, 1.165) is 8.61 Å². The number of nitrogens with one attached hydrogen (secondary N) is 2. The molecule has 2 amide bonds. The fourth-order valence-electron chi connectivity index (χ4n) is 4.17. The Kier molecular flexibility index (Phi) is 9.52. The quantitative estimate of drug-likeness (QED) is 0.262. The van der Waals surface area contributed by atoms with Gasteiger partial charge in [0.2, 0.25) is 0 Å². The standard InChI is InChI=1S/C31H32N4O6S2/c1-23(33-31(37)25-13-11-19-29(21-25)43(40,41)35(3)27-16-8-5-9-17-27)22-32-30(36)24-12-10-18-28(20-24)42(38,39)34(2)26-14-6-4-7-15-26/h4-21,23H,22H2,1-3H3,(H,32,36)(H,33,37)/t23-/m1/s1. The summed E-state index contributed by atoms with van der Waals surface area (Å²) in [6.45, 7) is 1.72. The van der Waals surface area contributed by atoms with E-state index in [4.69, 9.17) is 0 Å². The van der Waals surface area contributed by atoms with Crippen molar-refractivity contribution in [1.29, 1.82) is 0 Å².